The van der Waals surface area contributed by atoms with Crippen molar-refractivity contribution in [3.63, 3.8) is 0 Å². The highest BCUT2D eigenvalue weighted by molar-refractivity contribution is 4.92. The first-order chi connectivity index (χ1) is 3.66. The Hall–Kier alpha value is -0.0800. The van der Waals surface area contributed by atoms with Crippen molar-refractivity contribution in [2.45, 2.75) is 26.4 Å². The standard InChI is InChI=1S/C6H13NO.CH4/c1-3-6(8)4-7(2)5-6;/h8H,3-5H2,1-2H3;1H4. The van der Waals surface area contributed by atoms with Gasteiger partial charge in [-0.3, -0.25) is 0 Å². The minimum Gasteiger partial charge on any atom is -0.387 e. The Balaban J connectivity index is 0.000000640. The van der Waals surface area contributed by atoms with E-state index < -0.39 is 0 Å². The number of likely N-dealkylation sites (N-methyl/N-ethyl adjacent to an activating group) is 1. The first kappa shape index (κ1) is 8.92. The molecule has 2 heteroatoms. The lowest BCUT2D eigenvalue weighted by molar-refractivity contribution is -0.0876. The van der Waals surface area contributed by atoms with Crippen molar-refractivity contribution < 1.29 is 5.11 Å². The van der Waals surface area contributed by atoms with Crippen LogP contribution in [0.25, 0.3) is 0 Å². The lowest BCUT2D eigenvalue weighted by Gasteiger charge is -2.43. The third-order valence-electron chi connectivity index (χ3n) is 1.79. The minimum absolute atomic E-state index is 0. The molecule has 2 nitrogen and oxygen atoms in total. The fourth-order valence-electron chi connectivity index (χ4n) is 1.18. The molecule has 0 radical (unpaired) electrons. The van der Waals surface area contributed by atoms with Crippen LogP contribution in [0.2, 0.25) is 0 Å². The quantitative estimate of drug-likeness (QED) is 0.566. The van der Waals surface area contributed by atoms with Crippen LogP contribution >= 0.6 is 0 Å². The van der Waals surface area contributed by atoms with E-state index in [1.165, 1.54) is 0 Å². The number of hydrogen-bond donors (Lipinski definition) is 1. The van der Waals surface area contributed by atoms with Crippen LogP contribution in [-0.4, -0.2) is 35.7 Å². The van der Waals surface area contributed by atoms with Gasteiger partial charge in [0.25, 0.3) is 0 Å². The smallest absolute Gasteiger partial charge is 0.0897 e. The summed E-state index contributed by atoms with van der Waals surface area (Å²) in [5.41, 5.74) is -0.339. The molecule has 1 rings (SSSR count). The van der Waals surface area contributed by atoms with Gasteiger partial charge in [-0.15, -0.1) is 0 Å². The monoisotopic (exact) mass is 131 g/mol. The van der Waals surface area contributed by atoms with Crippen molar-refractivity contribution >= 4 is 0 Å². The van der Waals surface area contributed by atoms with E-state index in [0.29, 0.717) is 0 Å². The minimum atomic E-state index is -0.339. The molecule has 1 heterocycles. The summed E-state index contributed by atoms with van der Waals surface area (Å²) in [4.78, 5) is 2.11. The van der Waals surface area contributed by atoms with Crippen molar-refractivity contribution in [3.8, 4) is 0 Å². The molecule has 0 aromatic carbocycles. The van der Waals surface area contributed by atoms with Crippen LogP contribution in [0.5, 0.6) is 0 Å². The van der Waals surface area contributed by atoms with Gasteiger partial charge in [0, 0.05) is 13.1 Å². The second-order valence-electron chi connectivity index (χ2n) is 2.75. The van der Waals surface area contributed by atoms with Gasteiger partial charge in [0.2, 0.25) is 0 Å². The fraction of sp³-hybridized carbons (Fsp3) is 1.00. The van der Waals surface area contributed by atoms with Gasteiger partial charge in [0.05, 0.1) is 5.60 Å². The van der Waals surface area contributed by atoms with Gasteiger partial charge >= 0.3 is 0 Å². The first-order valence-corrected chi connectivity index (χ1v) is 3.07. The number of hydrogen-bond acceptors (Lipinski definition) is 2. The third-order valence-corrected chi connectivity index (χ3v) is 1.79. The Labute approximate surface area is 57.5 Å². The van der Waals surface area contributed by atoms with E-state index in [2.05, 4.69) is 4.90 Å². The second-order valence-corrected chi connectivity index (χ2v) is 2.75. The molecule has 0 amide bonds. The number of rotatable bonds is 1. The number of likely N-dealkylation sites (tertiary alicyclic amines) is 1. The fourth-order valence-corrected chi connectivity index (χ4v) is 1.18. The molecule has 0 aromatic heterocycles. The molecule has 0 aromatic rings. The SMILES string of the molecule is C.CCC1(O)CN(C)C1. The van der Waals surface area contributed by atoms with Gasteiger partial charge in [-0.25, -0.2) is 0 Å². The maximum absolute atomic E-state index is 9.35. The maximum atomic E-state index is 9.35. The predicted octanol–water partition coefficient (Wildman–Crippen LogP) is 0.709. The van der Waals surface area contributed by atoms with Crippen molar-refractivity contribution in [1.82, 2.24) is 4.90 Å². The third kappa shape index (κ3) is 1.66. The van der Waals surface area contributed by atoms with Crippen molar-refractivity contribution in [3.05, 3.63) is 0 Å². The maximum Gasteiger partial charge on any atom is 0.0897 e. The number of nitrogens with zero attached hydrogens (tertiary/aromatic N) is 1. The summed E-state index contributed by atoms with van der Waals surface area (Å²) in [5, 5.41) is 9.35. The second kappa shape index (κ2) is 2.67. The molecule has 0 aliphatic carbocycles. The molecule has 1 aliphatic rings. The highest BCUT2D eigenvalue weighted by atomic mass is 16.3. The van der Waals surface area contributed by atoms with E-state index in [1.54, 1.807) is 0 Å². The molecule has 56 valence electrons. The van der Waals surface area contributed by atoms with Crippen LogP contribution in [0.4, 0.5) is 0 Å². The van der Waals surface area contributed by atoms with Crippen LogP contribution in [-0.2, 0) is 0 Å². The molecule has 1 fully saturated rings. The summed E-state index contributed by atoms with van der Waals surface area (Å²) < 4.78 is 0. The summed E-state index contributed by atoms with van der Waals surface area (Å²) in [6.07, 6.45) is 0.886. The van der Waals surface area contributed by atoms with E-state index >= 15 is 0 Å². The van der Waals surface area contributed by atoms with Crippen LogP contribution in [0.1, 0.15) is 20.8 Å². The molecular weight excluding hydrogens is 114 g/mol. The van der Waals surface area contributed by atoms with E-state index in [1.807, 2.05) is 14.0 Å². The van der Waals surface area contributed by atoms with Crippen LogP contribution in [0, 0.1) is 0 Å². The van der Waals surface area contributed by atoms with Gasteiger partial charge in [0.1, 0.15) is 0 Å². The Morgan fingerprint density at radius 2 is 2.00 bits per heavy atom. The normalized spacial score (nSPS) is 24.3. The van der Waals surface area contributed by atoms with Gasteiger partial charge in [-0.05, 0) is 13.5 Å². The highest BCUT2D eigenvalue weighted by Gasteiger charge is 2.36. The number of β-amino-alcohol motifs (C(OH)–C–C–N with tert-alkyl or cyclic N) is 1. The van der Waals surface area contributed by atoms with Crippen LogP contribution in [0.15, 0.2) is 0 Å². The topological polar surface area (TPSA) is 23.5 Å². The Morgan fingerprint density at radius 3 is 2.11 bits per heavy atom. The molecule has 9 heavy (non-hydrogen) atoms. The summed E-state index contributed by atoms with van der Waals surface area (Å²) in [7, 11) is 2.02. The molecule has 0 atom stereocenters. The molecule has 0 unspecified atom stereocenters. The summed E-state index contributed by atoms with van der Waals surface area (Å²) in [5.74, 6) is 0. The number of aliphatic hydroxyl groups is 1. The molecule has 1 aliphatic heterocycles. The van der Waals surface area contributed by atoms with E-state index in [9.17, 15) is 5.11 Å². The molecule has 0 saturated carbocycles. The Morgan fingerprint density at radius 1 is 1.56 bits per heavy atom. The van der Waals surface area contributed by atoms with Crippen molar-refractivity contribution in [2.75, 3.05) is 20.1 Å². The largest absolute Gasteiger partial charge is 0.387 e. The molecule has 1 N–H and O–H groups in total. The van der Waals surface area contributed by atoms with Crippen LogP contribution in [0.3, 0.4) is 0 Å². The van der Waals surface area contributed by atoms with Gasteiger partial charge < -0.3 is 10.0 Å². The summed E-state index contributed by atoms with van der Waals surface area (Å²) in [6.45, 7) is 3.72. The Kier molecular flexibility index (Phi) is 2.65. The van der Waals surface area contributed by atoms with Crippen LogP contribution < -0.4 is 0 Å². The zero-order chi connectivity index (χ0) is 6.20. The Bertz CT molecular complexity index is 86.9. The molecular formula is C7H17NO. The molecule has 1 saturated heterocycles. The van der Waals surface area contributed by atoms with Gasteiger partial charge in [-0.1, -0.05) is 14.4 Å². The zero-order valence-electron chi connectivity index (χ0n) is 5.52. The zero-order valence-corrected chi connectivity index (χ0v) is 5.52. The van der Waals surface area contributed by atoms with Crippen molar-refractivity contribution in [2.24, 2.45) is 0 Å². The van der Waals surface area contributed by atoms with Gasteiger partial charge in [0.15, 0.2) is 0 Å². The predicted molar refractivity (Wildman–Crippen MR) is 39.5 cm³/mol. The van der Waals surface area contributed by atoms with Crippen molar-refractivity contribution in [1.29, 1.82) is 0 Å². The average Bonchev–Trinajstić information content (AvgIpc) is 1.63. The first-order valence-electron chi connectivity index (χ1n) is 3.07. The lowest BCUT2D eigenvalue weighted by atomic mass is 9.92. The van der Waals surface area contributed by atoms with E-state index in [4.69, 9.17) is 0 Å². The highest BCUT2D eigenvalue weighted by Crippen LogP contribution is 2.21. The average molecular weight is 131 g/mol. The van der Waals surface area contributed by atoms with Gasteiger partial charge in [-0.2, -0.15) is 0 Å². The lowest BCUT2D eigenvalue weighted by Crippen LogP contribution is -2.59. The summed E-state index contributed by atoms with van der Waals surface area (Å²) >= 11 is 0. The van der Waals surface area contributed by atoms with E-state index in [-0.39, 0.29) is 13.0 Å². The van der Waals surface area contributed by atoms with E-state index in [0.717, 1.165) is 19.5 Å². The molecule has 0 bridgehead atoms. The summed E-state index contributed by atoms with van der Waals surface area (Å²) in [6, 6.07) is 0. The molecule has 0 spiro atoms.